The van der Waals surface area contributed by atoms with Gasteiger partial charge in [-0.05, 0) is 29.8 Å². The zero-order chi connectivity index (χ0) is 20.1. The van der Waals surface area contributed by atoms with Crippen molar-refractivity contribution in [3.63, 3.8) is 0 Å². The van der Waals surface area contributed by atoms with Crippen molar-refractivity contribution in [2.45, 2.75) is 18.8 Å². The van der Waals surface area contributed by atoms with Gasteiger partial charge in [0.25, 0.3) is 0 Å². The van der Waals surface area contributed by atoms with Gasteiger partial charge in [0.15, 0.2) is 0 Å². The molecule has 0 bridgehead atoms. The molecule has 1 aromatic carbocycles. The molecule has 28 heavy (non-hydrogen) atoms. The third kappa shape index (κ3) is 4.71. The first kappa shape index (κ1) is 19.9. The van der Waals surface area contributed by atoms with E-state index in [0.29, 0.717) is 11.3 Å². The number of pyridine rings is 2. The highest BCUT2D eigenvalue weighted by molar-refractivity contribution is 5.58. The Labute approximate surface area is 158 Å². The van der Waals surface area contributed by atoms with Gasteiger partial charge in [-0.15, -0.1) is 0 Å². The summed E-state index contributed by atoms with van der Waals surface area (Å²) in [7, 11) is 0. The second-order valence-corrected chi connectivity index (χ2v) is 6.08. The van der Waals surface area contributed by atoms with E-state index in [1.807, 2.05) is 30.3 Å². The van der Waals surface area contributed by atoms with E-state index in [0.717, 1.165) is 17.8 Å². The predicted octanol–water partition coefficient (Wildman–Crippen LogP) is 4.12. The minimum absolute atomic E-state index is 0.0356. The van der Waals surface area contributed by atoms with Gasteiger partial charge < -0.3 is 10.4 Å². The fourth-order valence-corrected chi connectivity index (χ4v) is 2.68. The van der Waals surface area contributed by atoms with Gasteiger partial charge in [-0.2, -0.15) is 13.2 Å². The summed E-state index contributed by atoms with van der Waals surface area (Å²) in [5.74, 6) is -0.555. The molecule has 0 saturated heterocycles. The maximum Gasteiger partial charge on any atom is 0.433 e. The highest BCUT2D eigenvalue weighted by Crippen LogP contribution is 2.28. The molecule has 2 aromatic heterocycles. The van der Waals surface area contributed by atoms with Gasteiger partial charge in [0.05, 0.1) is 24.0 Å². The van der Waals surface area contributed by atoms with Gasteiger partial charge in [0.2, 0.25) is 0 Å². The lowest BCUT2D eigenvalue weighted by molar-refractivity contribution is -0.141. The number of hydrogen-bond donors (Lipinski definition) is 2. The van der Waals surface area contributed by atoms with Crippen LogP contribution in [0, 0.1) is 5.82 Å². The first-order chi connectivity index (χ1) is 13.4. The fraction of sp³-hybridized carbons (Fsp3) is 0.200. The summed E-state index contributed by atoms with van der Waals surface area (Å²) in [5, 5.41) is 12.6. The summed E-state index contributed by atoms with van der Waals surface area (Å²) in [6, 6.07) is 13.5. The molecule has 0 spiro atoms. The van der Waals surface area contributed by atoms with Crippen LogP contribution < -0.4 is 5.32 Å². The minimum atomic E-state index is -4.53. The molecule has 2 N–H and O–H groups in total. The Kier molecular flexibility index (Phi) is 6.01. The topological polar surface area (TPSA) is 58.0 Å². The summed E-state index contributed by atoms with van der Waals surface area (Å²) in [4.78, 5) is 7.59. The van der Waals surface area contributed by atoms with Gasteiger partial charge in [-0.25, -0.2) is 9.37 Å². The average Bonchev–Trinajstić information content (AvgIpc) is 2.70. The van der Waals surface area contributed by atoms with Crippen LogP contribution in [0.15, 0.2) is 60.8 Å². The van der Waals surface area contributed by atoms with Gasteiger partial charge in [0, 0.05) is 18.3 Å². The first-order valence-electron chi connectivity index (χ1n) is 8.46. The monoisotopic (exact) mass is 391 g/mol. The van der Waals surface area contributed by atoms with Crippen molar-refractivity contribution in [1.82, 2.24) is 15.3 Å². The lowest BCUT2D eigenvalue weighted by Crippen LogP contribution is -2.25. The standard InChI is InChI=1S/C20H17F4N3O/c21-15-7-8-16(14-6-9-19(26-10-14)20(22,23)24)27-17(15)11-25-18(12-28)13-4-2-1-3-5-13/h1-10,18,25,28H,11-12H2/t18-/m1/s1. The third-order valence-electron chi connectivity index (χ3n) is 4.17. The van der Waals surface area contributed by atoms with Gasteiger partial charge in [0.1, 0.15) is 11.5 Å². The molecule has 4 nitrogen and oxygen atoms in total. The van der Waals surface area contributed by atoms with Crippen LogP contribution in [0.25, 0.3) is 11.3 Å². The zero-order valence-electron chi connectivity index (χ0n) is 14.6. The number of rotatable bonds is 6. The Morgan fingerprint density at radius 1 is 1.00 bits per heavy atom. The largest absolute Gasteiger partial charge is 0.433 e. The van der Waals surface area contributed by atoms with Crippen molar-refractivity contribution in [3.05, 3.63) is 83.6 Å². The van der Waals surface area contributed by atoms with E-state index < -0.39 is 23.7 Å². The van der Waals surface area contributed by atoms with Crippen LogP contribution in [0.4, 0.5) is 17.6 Å². The first-order valence-corrected chi connectivity index (χ1v) is 8.46. The number of nitrogens with one attached hydrogen (secondary N) is 1. The predicted molar refractivity (Wildman–Crippen MR) is 95.5 cm³/mol. The van der Waals surface area contributed by atoms with Gasteiger partial charge in [-0.1, -0.05) is 30.3 Å². The smallest absolute Gasteiger partial charge is 0.394 e. The molecular formula is C20H17F4N3O. The second-order valence-electron chi connectivity index (χ2n) is 6.08. The van der Waals surface area contributed by atoms with Crippen LogP contribution >= 0.6 is 0 Å². The molecule has 2 heterocycles. The molecule has 1 atom stereocenters. The Balaban J connectivity index is 1.78. The minimum Gasteiger partial charge on any atom is -0.394 e. The lowest BCUT2D eigenvalue weighted by atomic mass is 10.1. The molecular weight excluding hydrogens is 374 g/mol. The zero-order valence-corrected chi connectivity index (χ0v) is 14.6. The Morgan fingerprint density at radius 3 is 2.36 bits per heavy atom. The highest BCUT2D eigenvalue weighted by atomic mass is 19.4. The number of benzene rings is 1. The lowest BCUT2D eigenvalue weighted by Gasteiger charge is -2.17. The number of aliphatic hydroxyl groups excluding tert-OH is 1. The summed E-state index contributed by atoms with van der Waals surface area (Å²) >= 11 is 0. The number of aromatic nitrogens is 2. The quantitative estimate of drug-likeness (QED) is 0.621. The van der Waals surface area contributed by atoms with Crippen LogP contribution in [-0.4, -0.2) is 21.7 Å². The van der Waals surface area contributed by atoms with Crippen LogP contribution in [0.5, 0.6) is 0 Å². The molecule has 0 saturated carbocycles. The maximum absolute atomic E-state index is 14.1. The molecule has 0 radical (unpaired) electrons. The van der Waals surface area contributed by atoms with E-state index in [-0.39, 0.29) is 18.8 Å². The number of aliphatic hydroxyl groups is 1. The van der Waals surface area contributed by atoms with E-state index in [9.17, 15) is 22.7 Å². The van der Waals surface area contributed by atoms with Gasteiger partial charge in [-0.3, -0.25) is 4.98 Å². The molecule has 0 unspecified atom stereocenters. The van der Waals surface area contributed by atoms with Crippen LogP contribution in [0.1, 0.15) is 23.0 Å². The highest BCUT2D eigenvalue weighted by Gasteiger charge is 2.32. The van der Waals surface area contributed by atoms with Crippen molar-refractivity contribution in [3.8, 4) is 11.3 Å². The number of hydrogen-bond acceptors (Lipinski definition) is 4. The number of alkyl halides is 3. The van der Waals surface area contributed by atoms with E-state index >= 15 is 0 Å². The molecule has 3 rings (SSSR count). The molecule has 8 heteroatoms. The van der Waals surface area contributed by atoms with Crippen molar-refractivity contribution in [2.75, 3.05) is 6.61 Å². The van der Waals surface area contributed by atoms with Gasteiger partial charge >= 0.3 is 6.18 Å². The average molecular weight is 391 g/mol. The van der Waals surface area contributed by atoms with Crippen molar-refractivity contribution in [2.24, 2.45) is 0 Å². The van der Waals surface area contributed by atoms with E-state index in [2.05, 4.69) is 15.3 Å². The summed E-state index contributed by atoms with van der Waals surface area (Å²) < 4.78 is 52.0. The summed E-state index contributed by atoms with van der Waals surface area (Å²) in [5.41, 5.74) is 0.574. The molecule has 0 aliphatic rings. The van der Waals surface area contributed by atoms with Crippen LogP contribution in [-0.2, 0) is 12.7 Å². The van der Waals surface area contributed by atoms with E-state index in [1.165, 1.54) is 18.2 Å². The second kappa shape index (κ2) is 8.45. The Bertz CT molecular complexity index is 915. The molecule has 0 aliphatic carbocycles. The summed E-state index contributed by atoms with van der Waals surface area (Å²) in [6.07, 6.45) is -3.47. The third-order valence-corrected chi connectivity index (χ3v) is 4.17. The molecule has 3 aromatic rings. The van der Waals surface area contributed by atoms with E-state index in [4.69, 9.17) is 0 Å². The van der Waals surface area contributed by atoms with Crippen molar-refractivity contribution in [1.29, 1.82) is 0 Å². The molecule has 0 aliphatic heterocycles. The molecule has 0 fully saturated rings. The maximum atomic E-state index is 14.1. The van der Waals surface area contributed by atoms with Crippen LogP contribution in [0.2, 0.25) is 0 Å². The Morgan fingerprint density at radius 2 is 1.75 bits per heavy atom. The Hall–Kier alpha value is -2.84. The van der Waals surface area contributed by atoms with E-state index in [1.54, 1.807) is 0 Å². The van der Waals surface area contributed by atoms with Crippen molar-refractivity contribution >= 4 is 0 Å². The molecule has 0 amide bonds. The fourth-order valence-electron chi connectivity index (χ4n) is 2.68. The SMILES string of the molecule is OC[C@@H](NCc1nc(-c2ccc(C(F)(F)F)nc2)ccc1F)c1ccccc1. The normalized spacial score (nSPS) is 12.8. The van der Waals surface area contributed by atoms with Crippen LogP contribution in [0.3, 0.4) is 0 Å². The number of nitrogens with zero attached hydrogens (tertiary/aromatic N) is 2. The van der Waals surface area contributed by atoms with Crippen molar-refractivity contribution < 1.29 is 22.7 Å². The summed E-state index contributed by atoms with van der Waals surface area (Å²) in [6.45, 7) is -0.151. The molecule has 146 valence electrons. The number of halogens is 4.